The molecule has 0 aliphatic heterocycles. The molecule has 1 N–H and O–H groups in total. The Morgan fingerprint density at radius 3 is 2.89 bits per heavy atom. The molecule has 0 spiro atoms. The van der Waals surface area contributed by atoms with Gasteiger partial charge in [0, 0.05) is 20.3 Å². The molecule has 1 aromatic carbocycles. The Balaban J connectivity index is 2.14. The van der Waals surface area contributed by atoms with Crippen LogP contribution < -0.4 is 5.32 Å². The van der Waals surface area contributed by atoms with E-state index in [1.807, 2.05) is 6.07 Å². The second kappa shape index (κ2) is 9.45. The molecule has 5 heteroatoms. The van der Waals surface area contributed by atoms with Crippen LogP contribution >= 0.6 is 0 Å². The highest BCUT2D eigenvalue weighted by molar-refractivity contribution is 5.34. The Bertz CT molecular complexity index is 418. The molecule has 104 valence electrons. The van der Waals surface area contributed by atoms with Crippen LogP contribution in [0.1, 0.15) is 17.5 Å². The quantitative estimate of drug-likeness (QED) is 0.693. The lowest BCUT2D eigenvalue weighted by molar-refractivity contribution is 0.0695. The summed E-state index contributed by atoms with van der Waals surface area (Å²) in [6.45, 7) is 3.34. The number of nitriles is 1. The summed E-state index contributed by atoms with van der Waals surface area (Å²) in [7, 11) is 1.64. The van der Waals surface area contributed by atoms with Crippen LogP contribution in [0.2, 0.25) is 0 Å². The Morgan fingerprint density at radius 1 is 1.32 bits per heavy atom. The van der Waals surface area contributed by atoms with Crippen molar-refractivity contribution in [3.63, 3.8) is 0 Å². The van der Waals surface area contributed by atoms with E-state index in [-0.39, 0.29) is 5.56 Å². The van der Waals surface area contributed by atoms with E-state index in [9.17, 15) is 4.39 Å². The minimum absolute atomic E-state index is 0.0854. The summed E-state index contributed by atoms with van der Waals surface area (Å²) in [5.74, 6) is -0.474. The number of halogens is 1. The van der Waals surface area contributed by atoms with Crippen LogP contribution in [0.3, 0.4) is 0 Å². The average molecular weight is 266 g/mol. The van der Waals surface area contributed by atoms with Gasteiger partial charge in [-0.3, -0.25) is 0 Å². The molecule has 1 aromatic rings. The second-order valence-corrected chi connectivity index (χ2v) is 4.06. The average Bonchev–Trinajstić information content (AvgIpc) is 2.43. The van der Waals surface area contributed by atoms with Gasteiger partial charge in [0.25, 0.3) is 0 Å². The van der Waals surface area contributed by atoms with Crippen molar-refractivity contribution in [3.05, 3.63) is 35.1 Å². The largest absolute Gasteiger partial charge is 0.382 e. The predicted molar refractivity (Wildman–Crippen MR) is 70.1 cm³/mol. The molecule has 0 saturated heterocycles. The fourth-order valence-corrected chi connectivity index (χ4v) is 1.54. The predicted octanol–water partition coefficient (Wildman–Crippen LogP) is 1.84. The highest BCUT2D eigenvalue weighted by Gasteiger charge is 2.02. The first kappa shape index (κ1) is 15.6. The zero-order chi connectivity index (χ0) is 13.9. The molecule has 0 unspecified atom stereocenters. The van der Waals surface area contributed by atoms with Crippen molar-refractivity contribution in [1.82, 2.24) is 5.32 Å². The van der Waals surface area contributed by atoms with Crippen molar-refractivity contribution < 1.29 is 13.9 Å². The van der Waals surface area contributed by atoms with Gasteiger partial charge < -0.3 is 14.8 Å². The number of ether oxygens (including phenoxy) is 2. The number of methoxy groups -OCH3 is 1. The number of hydrogen-bond acceptors (Lipinski definition) is 4. The normalized spacial score (nSPS) is 10.4. The summed E-state index contributed by atoms with van der Waals surface area (Å²) in [5.41, 5.74) is 0.987. The summed E-state index contributed by atoms with van der Waals surface area (Å²) in [4.78, 5) is 0. The number of rotatable bonds is 9. The van der Waals surface area contributed by atoms with Gasteiger partial charge in [-0.1, -0.05) is 6.07 Å². The van der Waals surface area contributed by atoms with Crippen LogP contribution in [0.4, 0.5) is 4.39 Å². The minimum atomic E-state index is -0.474. The van der Waals surface area contributed by atoms with Gasteiger partial charge in [0.1, 0.15) is 11.9 Å². The maximum atomic E-state index is 13.1. The highest BCUT2D eigenvalue weighted by Crippen LogP contribution is 2.09. The third-order valence-electron chi connectivity index (χ3n) is 2.55. The summed E-state index contributed by atoms with van der Waals surface area (Å²) >= 11 is 0. The Hall–Kier alpha value is -1.48. The van der Waals surface area contributed by atoms with Gasteiger partial charge in [0.05, 0.1) is 18.8 Å². The van der Waals surface area contributed by atoms with Crippen molar-refractivity contribution in [2.24, 2.45) is 0 Å². The van der Waals surface area contributed by atoms with Crippen molar-refractivity contribution in [1.29, 1.82) is 5.26 Å². The van der Waals surface area contributed by atoms with Gasteiger partial charge in [-0.25, -0.2) is 4.39 Å². The molecule has 1 rings (SSSR count). The first-order valence-electron chi connectivity index (χ1n) is 6.24. The smallest absolute Gasteiger partial charge is 0.140 e. The van der Waals surface area contributed by atoms with E-state index in [1.165, 1.54) is 6.07 Å². The highest BCUT2D eigenvalue weighted by atomic mass is 19.1. The number of nitrogens with zero attached hydrogens (tertiary/aromatic N) is 1. The van der Waals surface area contributed by atoms with Gasteiger partial charge in [-0.15, -0.1) is 0 Å². The first-order chi connectivity index (χ1) is 9.27. The maximum absolute atomic E-state index is 13.1. The maximum Gasteiger partial charge on any atom is 0.140 e. The van der Waals surface area contributed by atoms with Gasteiger partial charge in [0.2, 0.25) is 0 Å². The molecular weight excluding hydrogens is 247 g/mol. The Kier molecular flexibility index (Phi) is 7.75. The van der Waals surface area contributed by atoms with E-state index >= 15 is 0 Å². The summed E-state index contributed by atoms with van der Waals surface area (Å²) in [6, 6.07) is 6.40. The monoisotopic (exact) mass is 266 g/mol. The SMILES string of the molecule is COCCOCCCNCc1ccc(F)c(C#N)c1. The first-order valence-corrected chi connectivity index (χ1v) is 6.24. The van der Waals surface area contributed by atoms with E-state index in [2.05, 4.69) is 5.32 Å². The van der Waals surface area contributed by atoms with Crippen LogP contribution in [-0.4, -0.2) is 33.5 Å². The van der Waals surface area contributed by atoms with Crippen molar-refractivity contribution in [2.75, 3.05) is 33.5 Å². The van der Waals surface area contributed by atoms with Crippen LogP contribution in [0.5, 0.6) is 0 Å². The van der Waals surface area contributed by atoms with Crippen molar-refractivity contribution >= 4 is 0 Å². The molecule has 0 atom stereocenters. The molecule has 0 saturated carbocycles. The van der Waals surface area contributed by atoms with Crippen molar-refractivity contribution in [2.45, 2.75) is 13.0 Å². The Morgan fingerprint density at radius 2 is 2.16 bits per heavy atom. The van der Waals surface area contributed by atoms with Gasteiger partial charge >= 0.3 is 0 Å². The van der Waals surface area contributed by atoms with E-state index in [0.717, 1.165) is 18.5 Å². The third-order valence-corrected chi connectivity index (χ3v) is 2.55. The third kappa shape index (κ3) is 6.30. The van der Waals surface area contributed by atoms with Gasteiger partial charge in [0.15, 0.2) is 0 Å². The van der Waals surface area contributed by atoms with Crippen LogP contribution in [0.15, 0.2) is 18.2 Å². The molecule has 0 amide bonds. The summed E-state index contributed by atoms with van der Waals surface area (Å²) in [6.07, 6.45) is 0.899. The van der Waals surface area contributed by atoms with E-state index < -0.39 is 5.82 Å². The number of nitrogens with one attached hydrogen (secondary N) is 1. The van der Waals surface area contributed by atoms with Crippen LogP contribution in [0, 0.1) is 17.1 Å². The molecule has 0 aliphatic carbocycles. The minimum Gasteiger partial charge on any atom is -0.382 e. The summed E-state index contributed by atoms with van der Waals surface area (Å²) in [5, 5.41) is 11.9. The molecule has 0 aromatic heterocycles. The van der Waals surface area contributed by atoms with E-state index in [0.29, 0.717) is 26.4 Å². The van der Waals surface area contributed by atoms with Crippen molar-refractivity contribution in [3.8, 4) is 6.07 Å². The van der Waals surface area contributed by atoms with E-state index in [4.69, 9.17) is 14.7 Å². The van der Waals surface area contributed by atoms with Gasteiger partial charge in [-0.2, -0.15) is 5.26 Å². The lowest BCUT2D eigenvalue weighted by Gasteiger charge is -2.06. The fraction of sp³-hybridized carbons (Fsp3) is 0.500. The van der Waals surface area contributed by atoms with Gasteiger partial charge in [-0.05, 0) is 30.7 Å². The molecule has 0 fully saturated rings. The summed E-state index contributed by atoms with van der Waals surface area (Å²) < 4.78 is 23.3. The lowest BCUT2D eigenvalue weighted by atomic mass is 10.1. The molecule has 0 heterocycles. The zero-order valence-corrected chi connectivity index (χ0v) is 11.1. The molecule has 0 radical (unpaired) electrons. The van der Waals surface area contributed by atoms with E-state index in [1.54, 1.807) is 19.2 Å². The molecule has 19 heavy (non-hydrogen) atoms. The lowest BCUT2D eigenvalue weighted by Crippen LogP contribution is -2.17. The molecular formula is C14H19FN2O2. The number of hydrogen-bond donors (Lipinski definition) is 1. The molecule has 0 aliphatic rings. The molecule has 4 nitrogen and oxygen atoms in total. The molecule has 0 bridgehead atoms. The number of benzene rings is 1. The topological polar surface area (TPSA) is 54.3 Å². The van der Waals surface area contributed by atoms with Crippen LogP contribution in [-0.2, 0) is 16.0 Å². The van der Waals surface area contributed by atoms with Crippen LogP contribution in [0.25, 0.3) is 0 Å². The fourth-order valence-electron chi connectivity index (χ4n) is 1.54. The standard InChI is InChI=1S/C14H19FN2O2/c1-18-7-8-19-6-2-5-17-11-12-3-4-14(15)13(9-12)10-16/h3-4,9,17H,2,5-8,11H2,1H3. The Labute approximate surface area is 113 Å². The zero-order valence-electron chi connectivity index (χ0n) is 11.1. The second-order valence-electron chi connectivity index (χ2n) is 4.06.